The van der Waals surface area contributed by atoms with Gasteiger partial charge in [0.1, 0.15) is 0 Å². The smallest absolute Gasteiger partial charge is 0.188 e. The van der Waals surface area contributed by atoms with Crippen molar-refractivity contribution in [3.63, 3.8) is 0 Å². The Morgan fingerprint density at radius 1 is 1.53 bits per heavy atom. The Morgan fingerprint density at radius 3 is 2.82 bits per heavy atom. The van der Waals surface area contributed by atoms with Crippen molar-refractivity contribution in [3.05, 3.63) is 0 Å². The molecule has 0 amide bonds. The monoisotopic (exact) mass is 239 g/mol. The molecule has 1 saturated heterocycles. The Hall–Kier alpha value is -0.770. The van der Waals surface area contributed by atoms with E-state index < -0.39 is 0 Å². The number of rotatable bonds is 5. The molecule has 1 aliphatic heterocycles. The SMILES string of the molecule is CC(C)C1(CN=C(N)NCC2CCCO2)CC1. The van der Waals surface area contributed by atoms with Gasteiger partial charge < -0.3 is 15.8 Å². The molecule has 2 rings (SSSR count). The van der Waals surface area contributed by atoms with Crippen LogP contribution >= 0.6 is 0 Å². The lowest BCUT2D eigenvalue weighted by Crippen LogP contribution is -2.37. The quantitative estimate of drug-likeness (QED) is 0.564. The van der Waals surface area contributed by atoms with Crippen LogP contribution in [0.2, 0.25) is 0 Å². The predicted octanol–water partition coefficient (Wildman–Crippen LogP) is 1.51. The second-order valence-corrected chi connectivity index (χ2v) is 5.73. The molecule has 1 unspecified atom stereocenters. The second kappa shape index (κ2) is 5.25. The van der Waals surface area contributed by atoms with Gasteiger partial charge >= 0.3 is 0 Å². The summed E-state index contributed by atoms with van der Waals surface area (Å²) in [6.45, 7) is 7.11. The standard InChI is InChI=1S/C13H25N3O/c1-10(2)13(5-6-13)9-16-12(14)15-8-11-4-3-7-17-11/h10-11H,3-9H2,1-2H3,(H3,14,15,16). The van der Waals surface area contributed by atoms with E-state index in [0.29, 0.717) is 23.4 Å². The van der Waals surface area contributed by atoms with E-state index in [1.165, 1.54) is 19.3 Å². The molecule has 0 radical (unpaired) electrons. The Kier molecular flexibility index (Phi) is 3.92. The molecule has 17 heavy (non-hydrogen) atoms. The highest BCUT2D eigenvalue weighted by molar-refractivity contribution is 5.77. The number of hydrogen-bond acceptors (Lipinski definition) is 2. The third-order valence-corrected chi connectivity index (χ3v) is 4.22. The number of hydrogen-bond donors (Lipinski definition) is 2. The zero-order valence-electron chi connectivity index (χ0n) is 11.0. The molecule has 0 spiro atoms. The number of aliphatic imine (C=N–C) groups is 1. The molecule has 4 heteroatoms. The largest absolute Gasteiger partial charge is 0.376 e. The molecule has 0 aromatic heterocycles. The van der Waals surface area contributed by atoms with Crippen molar-refractivity contribution in [3.8, 4) is 0 Å². The molecule has 3 N–H and O–H groups in total. The predicted molar refractivity (Wildman–Crippen MR) is 70.0 cm³/mol. The van der Waals surface area contributed by atoms with Gasteiger partial charge in [-0.25, -0.2) is 0 Å². The highest BCUT2D eigenvalue weighted by atomic mass is 16.5. The van der Waals surface area contributed by atoms with Crippen molar-refractivity contribution >= 4 is 5.96 Å². The first-order chi connectivity index (χ1) is 8.12. The van der Waals surface area contributed by atoms with E-state index in [1.807, 2.05) is 0 Å². The van der Waals surface area contributed by atoms with Gasteiger partial charge in [-0.15, -0.1) is 0 Å². The fraction of sp³-hybridized carbons (Fsp3) is 0.923. The normalized spacial score (nSPS) is 27.5. The maximum Gasteiger partial charge on any atom is 0.188 e. The number of nitrogens with zero attached hydrogens (tertiary/aromatic N) is 1. The van der Waals surface area contributed by atoms with Crippen molar-refractivity contribution in [2.75, 3.05) is 19.7 Å². The molecular formula is C13H25N3O. The minimum atomic E-state index is 0.323. The van der Waals surface area contributed by atoms with E-state index >= 15 is 0 Å². The maximum atomic E-state index is 5.87. The van der Waals surface area contributed by atoms with Crippen LogP contribution in [0.4, 0.5) is 0 Å². The summed E-state index contributed by atoms with van der Waals surface area (Å²) >= 11 is 0. The minimum absolute atomic E-state index is 0.323. The summed E-state index contributed by atoms with van der Waals surface area (Å²) in [6.07, 6.45) is 5.22. The Bertz CT molecular complexity index is 278. The fourth-order valence-electron chi connectivity index (χ4n) is 2.40. The second-order valence-electron chi connectivity index (χ2n) is 5.73. The average molecular weight is 239 g/mol. The third kappa shape index (κ3) is 3.35. The van der Waals surface area contributed by atoms with Crippen LogP contribution in [0.3, 0.4) is 0 Å². The lowest BCUT2D eigenvalue weighted by molar-refractivity contribution is 0.114. The van der Waals surface area contributed by atoms with Gasteiger partial charge in [0.15, 0.2) is 5.96 Å². The van der Waals surface area contributed by atoms with E-state index in [4.69, 9.17) is 10.5 Å². The number of guanidine groups is 1. The van der Waals surface area contributed by atoms with Crippen LogP contribution in [0, 0.1) is 11.3 Å². The molecule has 0 bridgehead atoms. The minimum Gasteiger partial charge on any atom is -0.376 e. The van der Waals surface area contributed by atoms with Crippen LogP contribution < -0.4 is 11.1 Å². The molecule has 0 aromatic rings. The van der Waals surface area contributed by atoms with Gasteiger partial charge in [0.25, 0.3) is 0 Å². The molecule has 1 heterocycles. The first kappa shape index (κ1) is 12.7. The Labute approximate surface area is 104 Å². The zero-order chi connectivity index (χ0) is 12.3. The summed E-state index contributed by atoms with van der Waals surface area (Å²) in [4.78, 5) is 4.47. The van der Waals surface area contributed by atoms with Gasteiger partial charge in [-0.05, 0) is 37.0 Å². The highest BCUT2D eigenvalue weighted by Gasteiger charge is 2.45. The number of nitrogens with one attached hydrogen (secondary N) is 1. The Balaban J connectivity index is 1.70. The molecule has 2 fully saturated rings. The highest BCUT2D eigenvalue weighted by Crippen LogP contribution is 2.51. The van der Waals surface area contributed by atoms with Crippen LogP contribution in [0.1, 0.15) is 39.5 Å². The van der Waals surface area contributed by atoms with E-state index in [1.54, 1.807) is 0 Å². The Morgan fingerprint density at radius 2 is 2.29 bits per heavy atom. The van der Waals surface area contributed by atoms with Gasteiger partial charge in [-0.1, -0.05) is 13.8 Å². The summed E-state index contributed by atoms with van der Waals surface area (Å²) in [5, 5.41) is 3.17. The summed E-state index contributed by atoms with van der Waals surface area (Å²) in [7, 11) is 0. The van der Waals surface area contributed by atoms with Crippen LogP contribution in [-0.4, -0.2) is 31.8 Å². The first-order valence-electron chi connectivity index (χ1n) is 6.78. The van der Waals surface area contributed by atoms with E-state index in [9.17, 15) is 0 Å². The van der Waals surface area contributed by atoms with Gasteiger partial charge in [0.2, 0.25) is 0 Å². The lowest BCUT2D eigenvalue weighted by Gasteiger charge is -2.17. The number of ether oxygens (including phenoxy) is 1. The molecule has 4 nitrogen and oxygen atoms in total. The molecule has 2 aliphatic rings. The van der Waals surface area contributed by atoms with Crippen molar-refractivity contribution in [2.45, 2.75) is 45.6 Å². The van der Waals surface area contributed by atoms with Crippen molar-refractivity contribution < 1.29 is 4.74 Å². The van der Waals surface area contributed by atoms with Gasteiger partial charge in [0, 0.05) is 19.7 Å². The summed E-state index contributed by atoms with van der Waals surface area (Å²) in [5.74, 6) is 1.28. The molecular weight excluding hydrogens is 214 g/mol. The van der Waals surface area contributed by atoms with Gasteiger partial charge in [-0.2, -0.15) is 0 Å². The van der Waals surface area contributed by atoms with E-state index in [0.717, 1.165) is 26.1 Å². The summed E-state index contributed by atoms with van der Waals surface area (Å²) in [6, 6.07) is 0. The van der Waals surface area contributed by atoms with Gasteiger partial charge in [-0.3, -0.25) is 4.99 Å². The van der Waals surface area contributed by atoms with E-state index in [2.05, 4.69) is 24.2 Å². The molecule has 1 saturated carbocycles. The van der Waals surface area contributed by atoms with Crippen LogP contribution in [0.5, 0.6) is 0 Å². The molecule has 1 atom stereocenters. The van der Waals surface area contributed by atoms with Crippen LogP contribution in [0.15, 0.2) is 4.99 Å². The van der Waals surface area contributed by atoms with Gasteiger partial charge in [0.05, 0.1) is 6.10 Å². The molecule has 1 aliphatic carbocycles. The average Bonchev–Trinajstić information content (AvgIpc) is 2.93. The molecule has 98 valence electrons. The van der Waals surface area contributed by atoms with Crippen LogP contribution in [-0.2, 0) is 4.74 Å². The van der Waals surface area contributed by atoms with Crippen molar-refractivity contribution in [2.24, 2.45) is 22.1 Å². The number of nitrogens with two attached hydrogens (primary N) is 1. The van der Waals surface area contributed by atoms with E-state index in [-0.39, 0.29) is 0 Å². The first-order valence-corrected chi connectivity index (χ1v) is 6.78. The summed E-state index contributed by atoms with van der Waals surface area (Å²) in [5.41, 5.74) is 6.31. The third-order valence-electron chi connectivity index (χ3n) is 4.22. The van der Waals surface area contributed by atoms with Crippen molar-refractivity contribution in [1.82, 2.24) is 5.32 Å². The van der Waals surface area contributed by atoms with Crippen molar-refractivity contribution in [1.29, 1.82) is 0 Å². The fourth-order valence-corrected chi connectivity index (χ4v) is 2.40. The maximum absolute atomic E-state index is 5.87. The topological polar surface area (TPSA) is 59.6 Å². The summed E-state index contributed by atoms with van der Waals surface area (Å²) < 4.78 is 5.53. The van der Waals surface area contributed by atoms with Crippen LogP contribution in [0.25, 0.3) is 0 Å². The zero-order valence-corrected chi connectivity index (χ0v) is 11.0. The molecule has 0 aromatic carbocycles. The lowest BCUT2D eigenvalue weighted by atomic mass is 9.93.